The summed E-state index contributed by atoms with van der Waals surface area (Å²) >= 11 is 0. The van der Waals surface area contributed by atoms with Crippen LogP contribution in [0, 0.1) is 15.9 Å². The van der Waals surface area contributed by atoms with Crippen molar-refractivity contribution in [2.45, 2.75) is 19.9 Å². The zero-order valence-corrected chi connectivity index (χ0v) is 18.5. The Morgan fingerprint density at radius 2 is 1.94 bits per heavy atom. The van der Waals surface area contributed by atoms with Crippen molar-refractivity contribution in [3.63, 3.8) is 0 Å². The molecule has 2 aromatic carbocycles. The standard InChI is InChI=1S/C25H22FN3O5/c1-4-6-17(7-5-2)18-8-11-20(12-9-18)34-23-14-19(10-13-22(23)29(32)33)16(3)28-24(30)21(26)15-27-25(28)31/h4-16H,1H2,2-3H3,(H,27,31)/b7-5-,17-6+. The quantitative estimate of drug-likeness (QED) is 0.283. The lowest BCUT2D eigenvalue weighted by Gasteiger charge is -2.16. The number of aromatic amines is 1. The molecule has 1 atom stereocenters. The van der Waals surface area contributed by atoms with Crippen LogP contribution in [0.2, 0.25) is 0 Å². The predicted octanol–water partition coefficient (Wildman–Crippen LogP) is 5.13. The Morgan fingerprint density at radius 3 is 2.56 bits per heavy atom. The van der Waals surface area contributed by atoms with Crippen LogP contribution in [0.15, 0.2) is 89.1 Å². The summed E-state index contributed by atoms with van der Waals surface area (Å²) in [5.41, 5.74) is -0.0399. The normalized spacial score (nSPS) is 12.5. The van der Waals surface area contributed by atoms with Crippen LogP contribution < -0.4 is 16.0 Å². The number of nitrogens with one attached hydrogen (secondary N) is 1. The van der Waals surface area contributed by atoms with E-state index in [0.717, 1.165) is 11.1 Å². The highest BCUT2D eigenvalue weighted by Gasteiger charge is 2.21. The second-order valence-corrected chi connectivity index (χ2v) is 7.26. The zero-order valence-electron chi connectivity index (χ0n) is 18.5. The second kappa shape index (κ2) is 10.4. The smallest absolute Gasteiger partial charge is 0.329 e. The van der Waals surface area contributed by atoms with E-state index in [2.05, 4.69) is 11.6 Å². The molecule has 0 fully saturated rings. The molecule has 0 aliphatic heterocycles. The molecule has 0 bridgehead atoms. The number of H-pyrrole nitrogens is 1. The van der Waals surface area contributed by atoms with E-state index in [4.69, 9.17) is 4.74 Å². The SMILES string of the molecule is C=C/C=C(\C=C/C)c1ccc(Oc2cc(C(C)n3c(=O)[nH]cc(F)c3=O)ccc2[N+](=O)[O-])cc1. The van der Waals surface area contributed by atoms with Gasteiger partial charge in [0.2, 0.25) is 11.6 Å². The highest BCUT2D eigenvalue weighted by molar-refractivity contribution is 5.75. The molecule has 1 N–H and O–H groups in total. The van der Waals surface area contributed by atoms with Crippen LogP contribution in [-0.2, 0) is 0 Å². The molecule has 0 spiro atoms. The first kappa shape index (κ1) is 24.1. The third-order valence-electron chi connectivity index (χ3n) is 5.07. The number of nitro groups is 1. The summed E-state index contributed by atoms with van der Waals surface area (Å²) in [6, 6.07) is 9.98. The van der Waals surface area contributed by atoms with E-state index in [1.54, 1.807) is 30.3 Å². The van der Waals surface area contributed by atoms with Gasteiger partial charge in [0.05, 0.1) is 11.0 Å². The van der Waals surface area contributed by atoms with Gasteiger partial charge in [-0.25, -0.2) is 4.79 Å². The Hall–Kier alpha value is -4.53. The molecule has 3 rings (SSSR count). The van der Waals surface area contributed by atoms with Crippen molar-refractivity contribution in [2.75, 3.05) is 0 Å². The minimum absolute atomic E-state index is 0.0849. The summed E-state index contributed by atoms with van der Waals surface area (Å²) in [5.74, 6) is -0.859. The van der Waals surface area contributed by atoms with Crippen molar-refractivity contribution >= 4 is 11.3 Å². The van der Waals surface area contributed by atoms with Crippen LogP contribution in [0.5, 0.6) is 11.5 Å². The first-order chi connectivity index (χ1) is 16.3. The first-order valence-electron chi connectivity index (χ1n) is 10.3. The van der Waals surface area contributed by atoms with Gasteiger partial charge in [-0.05, 0) is 54.8 Å². The van der Waals surface area contributed by atoms with E-state index in [1.807, 2.05) is 25.2 Å². The largest absolute Gasteiger partial charge is 0.450 e. The number of hydrogen-bond donors (Lipinski definition) is 1. The molecule has 34 heavy (non-hydrogen) atoms. The first-order valence-corrected chi connectivity index (χ1v) is 10.3. The minimum Gasteiger partial charge on any atom is -0.450 e. The fourth-order valence-electron chi connectivity index (χ4n) is 3.38. The number of ether oxygens (including phenoxy) is 1. The molecular weight excluding hydrogens is 441 g/mol. The van der Waals surface area contributed by atoms with E-state index in [0.29, 0.717) is 22.1 Å². The number of rotatable bonds is 8. The topological polar surface area (TPSA) is 107 Å². The fraction of sp³-hybridized carbons (Fsp3) is 0.120. The van der Waals surface area contributed by atoms with Gasteiger partial charge in [-0.1, -0.05) is 43.0 Å². The van der Waals surface area contributed by atoms with Crippen LogP contribution in [0.25, 0.3) is 5.57 Å². The Balaban J connectivity index is 2.00. The summed E-state index contributed by atoms with van der Waals surface area (Å²) in [4.78, 5) is 37.4. The van der Waals surface area contributed by atoms with Crippen molar-refractivity contribution < 1.29 is 14.1 Å². The van der Waals surface area contributed by atoms with Crippen LogP contribution in [0.4, 0.5) is 10.1 Å². The molecule has 0 aliphatic carbocycles. The molecule has 0 amide bonds. The molecular formula is C25H22FN3O5. The van der Waals surface area contributed by atoms with Gasteiger partial charge in [0.1, 0.15) is 5.75 Å². The van der Waals surface area contributed by atoms with Crippen LogP contribution in [0.1, 0.15) is 31.0 Å². The Bertz CT molecular complexity index is 1400. The third-order valence-corrected chi connectivity index (χ3v) is 5.07. The van der Waals surface area contributed by atoms with Crippen molar-refractivity contribution in [2.24, 2.45) is 0 Å². The van der Waals surface area contributed by atoms with E-state index >= 15 is 0 Å². The molecule has 1 aromatic heterocycles. The van der Waals surface area contributed by atoms with Gasteiger partial charge in [-0.3, -0.25) is 19.5 Å². The van der Waals surface area contributed by atoms with Gasteiger partial charge in [0.25, 0.3) is 5.56 Å². The average Bonchev–Trinajstić information content (AvgIpc) is 2.82. The molecule has 8 nitrogen and oxygen atoms in total. The summed E-state index contributed by atoms with van der Waals surface area (Å²) in [6.07, 6.45) is 8.02. The van der Waals surface area contributed by atoms with Crippen molar-refractivity contribution in [1.82, 2.24) is 9.55 Å². The van der Waals surface area contributed by atoms with Gasteiger partial charge < -0.3 is 9.72 Å². The fourth-order valence-corrected chi connectivity index (χ4v) is 3.38. The lowest BCUT2D eigenvalue weighted by Crippen LogP contribution is -2.38. The number of allylic oxidation sites excluding steroid dienone is 5. The third kappa shape index (κ3) is 5.09. The highest BCUT2D eigenvalue weighted by Crippen LogP contribution is 2.34. The van der Waals surface area contributed by atoms with Crippen molar-refractivity contribution in [1.29, 1.82) is 0 Å². The van der Waals surface area contributed by atoms with Gasteiger partial charge in [-0.2, -0.15) is 4.39 Å². The molecule has 0 aliphatic rings. The zero-order chi connectivity index (χ0) is 24.8. The summed E-state index contributed by atoms with van der Waals surface area (Å²) in [7, 11) is 0. The molecule has 174 valence electrons. The summed E-state index contributed by atoms with van der Waals surface area (Å²) in [6.45, 7) is 7.11. The van der Waals surface area contributed by atoms with E-state index in [1.165, 1.54) is 25.1 Å². The highest BCUT2D eigenvalue weighted by atomic mass is 19.1. The number of hydrogen-bond acceptors (Lipinski definition) is 5. The maximum absolute atomic E-state index is 13.7. The summed E-state index contributed by atoms with van der Waals surface area (Å²) < 4.78 is 20.2. The van der Waals surface area contributed by atoms with E-state index in [-0.39, 0.29) is 11.4 Å². The van der Waals surface area contributed by atoms with Crippen LogP contribution >= 0.6 is 0 Å². The van der Waals surface area contributed by atoms with Crippen molar-refractivity contribution in [3.8, 4) is 11.5 Å². The van der Waals surface area contributed by atoms with Gasteiger partial charge in [0.15, 0.2) is 0 Å². The number of nitro benzene ring substituents is 1. The van der Waals surface area contributed by atoms with E-state index in [9.17, 15) is 24.1 Å². The lowest BCUT2D eigenvalue weighted by atomic mass is 10.0. The average molecular weight is 463 g/mol. The monoisotopic (exact) mass is 463 g/mol. The molecule has 1 unspecified atom stereocenters. The number of benzene rings is 2. The maximum atomic E-state index is 13.7. The van der Waals surface area contributed by atoms with Gasteiger partial charge >= 0.3 is 11.4 Å². The number of aromatic nitrogens is 2. The minimum atomic E-state index is -1.12. The molecule has 0 saturated carbocycles. The molecule has 0 saturated heterocycles. The van der Waals surface area contributed by atoms with Gasteiger partial charge in [0, 0.05) is 12.3 Å². The molecule has 3 aromatic rings. The predicted molar refractivity (Wildman–Crippen MR) is 128 cm³/mol. The lowest BCUT2D eigenvalue weighted by molar-refractivity contribution is -0.385. The maximum Gasteiger partial charge on any atom is 0.329 e. The number of nitrogens with zero attached hydrogens (tertiary/aromatic N) is 2. The molecule has 1 heterocycles. The number of halogens is 1. The Labute approximate surface area is 194 Å². The van der Waals surface area contributed by atoms with Crippen LogP contribution in [0.3, 0.4) is 0 Å². The second-order valence-electron chi connectivity index (χ2n) is 7.26. The Morgan fingerprint density at radius 1 is 1.24 bits per heavy atom. The Kier molecular flexibility index (Phi) is 7.37. The summed E-state index contributed by atoms with van der Waals surface area (Å²) in [5, 5.41) is 11.5. The van der Waals surface area contributed by atoms with Crippen LogP contribution in [-0.4, -0.2) is 14.5 Å². The van der Waals surface area contributed by atoms with Gasteiger partial charge in [-0.15, -0.1) is 0 Å². The molecule has 0 radical (unpaired) electrons. The molecule has 9 heteroatoms. The van der Waals surface area contributed by atoms with E-state index < -0.39 is 28.0 Å². The van der Waals surface area contributed by atoms with Crippen molar-refractivity contribution in [3.05, 3.63) is 127 Å².